The number of aliphatic hydroxyl groups is 1. The summed E-state index contributed by atoms with van der Waals surface area (Å²) in [6, 6.07) is -0.377. The molecule has 0 saturated carbocycles. The molecule has 118 valence electrons. The first-order valence-corrected chi connectivity index (χ1v) is 7.09. The highest BCUT2D eigenvalue weighted by Gasteiger charge is 2.18. The molecule has 0 heterocycles. The second-order valence-electron chi connectivity index (χ2n) is 4.81. The first-order valence-electron chi connectivity index (χ1n) is 7.09. The molecular formula is C13H28N4O3. The standard InChI is InChI=1S/C13H28N4O3/c1-10(18)16-7-4-3-5-12(17-11(2)19)13(20)9-15-8-6-14/h11-12,15,17,19H,3-9,14H2,1-2H3,(H,16,18). The molecule has 0 aliphatic carbocycles. The zero-order valence-corrected chi connectivity index (χ0v) is 12.4. The predicted octanol–water partition coefficient (Wildman–Crippen LogP) is -1.29. The summed E-state index contributed by atoms with van der Waals surface area (Å²) in [6.45, 7) is 4.99. The van der Waals surface area contributed by atoms with E-state index in [-0.39, 0.29) is 24.3 Å². The molecule has 20 heavy (non-hydrogen) atoms. The van der Waals surface area contributed by atoms with Crippen LogP contribution in [0, 0.1) is 0 Å². The SMILES string of the molecule is CC(=O)NCCCCC(NC(C)O)C(=O)CNCCN. The fourth-order valence-electron chi connectivity index (χ4n) is 1.80. The monoisotopic (exact) mass is 288 g/mol. The first kappa shape index (κ1) is 19.0. The molecule has 2 atom stereocenters. The summed E-state index contributed by atoms with van der Waals surface area (Å²) in [4.78, 5) is 22.7. The summed E-state index contributed by atoms with van der Waals surface area (Å²) in [7, 11) is 0. The van der Waals surface area contributed by atoms with Crippen LogP contribution in [0.3, 0.4) is 0 Å². The Balaban J connectivity index is 4.00. The fraction of sp³-hybridized carbons (Fsp3) is 0.846. The van der Waals surface area contributed by atoms with Crippen molar-refractivity contribution >= 4 is 11.7 Å². The Kier molecular flexibility index (Phi) is 11.2. The van der Waals surface area contributed by atoms with Crippen LogP contribution in [0.4, 0.5) is 0 Å². The van der Waals surface area contributed by atoms with Crippen molar-refractivity contribution in [3.63, 3.8) is 0 Å². The molecule has 0 saturated heterocycles. The van der Waals surface area contributed by atoms with Crippen molar-refractivity contribution in [1.29, 1.82) is 0 Å². The molecule has 7 heteroatoms. The minimum Gasteiger partial charge on any atom is -0.379 e. The number of carbonyl (C=O) groups excluding carboxylic acids is 2. The van der Waals surface area contributed by atoms with Crippen LogP contribution in [0.1, 0.15) is 33.1 Å². The highest BCUT2D eigenvalue weighted by atomic mass is 16.3. The summed E-state index contributed by atoms with van der Waals surface area (Å²) in [5.41, 5.74) is 5.35. The van der Waals surface area contributed by atoms with Crippen LogP contribution in [0.5, 0.6) is 0 Å². The number of rotatable bonds is 12. The molecule has 0 fully saturated rings. The molecule has 6 N–H and O–H groups in total. The minimum absolute atomic E-state index is 0.0128. The maximum atomic E-state index is 12.0. The van der Waals surface area contributed by atoms with Gasteiger partial charge in [-0.25, -0.2) is 0 Å². The van der Waals surface area contributed by atoms with Crippen LogP contribution in [0.15, 0.2) is 0 Å². The van der Waals surface area contributed by atoms with Gasteiger partial charge in [-0.3, -0.25) is 14.9 Å². The van der Waals surface area contributed by atoms with E-state index in [2.05, 4.69) is 16.0 Å². The molecule has 7 nitrogen and oxygen atoms in total. The number of amides is 1. The number of nitrogens with one attached hydrogen (secondary N) is 3. The van der Waals surface area contributed by atoms with Crippen molar-refractivity contribution in [1.82, 2.24) is 16.0 Å². The van der Waals surface area contributed by atoms with Crippen molar-refractivity contribution in [3.05, 3.63) is 0 Å². The summed E-state index contributed by atoms with van der Waals surface area (Å²) in [5.74, 6) is -0.0374. The van der Waals surface area contributed by atoms with Crippen molar-refractivity contribution in [3.8, 4) is 0 Å². The molecule has 0 spiro atoms. The van der Waals surface area contributed by atoms with Crippen LogP contribution < -0.4 is 21.7 Å². The van der Waals surface area contributed by atoms with Gasteiger partial charge in [0.05, 0.1) is 12.6 Å². The quantitative estimate of drug-likeness (QED) is 0.225. The third-order valence-corrected chi connectivity index (χ3v) is 2.74. The van der Waals surface area contributed by atoms with Gasteiger partial charge in [0.25, 0.3) is 0 Å². The van der Waals surface area contributed by atoms with Gasteiger partial charge in [-0.15, -0.1) is 0 Å². The predicted molar refractivity (Wildman–Crippen MR) is 78.1 cm³/mol. The second-order valence-corrected chi connectivity index (χ2v) is 4.81. The van der Waals surface area contributed by atoms with Gasteiger partial charge in [0, 0.05) is 26.6 Å². The summed E-state index contributed by atoms with van der Waals surface area (Å²) < 4.78 is 0. The number of carbonyl (C=O) groups is 2. The largest absolute Gasteiger partial charge is 0.379 e. The van der Waals surface area contributed by atoms with Gasteiger partial charge in [0.15, 0.2) is 5.78 Å². The summed E-state index contributed by atoms with van der Waals surface area (Å²) in [5, 5.41) is 17.9. The van der Waals surface area contributed by atoms with Gasteiger partial charge in [-0.2, -0.15) is 0 Å². The lowest BCUT2D eigenvalue weighted by Crippen LogP contribution is -2.46. The lowest BCUT2D eigenvalue weighted by atomic mass is 10.0. The number of unbranched alkanes of at least 4 members (excludes halogenated alkanes) is 1. The van der Waals surface area contributed by atoms with Crippen molar-refractivity contribution in [2.75, 3.05) is 26.2 Å². The molecule has 0 aliphatic heterocycles. The first-order chi connectivity index (χ1) is 9.47. The Morgan fingerprint density at radius 1 is 1.25 bits per heavy atom. The third-order valence-electron chi connectivity index (χ3n) is 2.74. The molecule has 0 aliphatic rings. The van der Waals surface area contributed by atoms with E-state index in [0.717, 1.165) is 12.8 Å². The van der Waals surface area contributed by atoms with E-state index >= 15 is 0 Å². The fourth-order valence-corrected chi connectivity index (χ4v) is 1.80. The molecule has 0 aromatic rings. The summed E-state index contributed by atoms with van der Waals surface area (Å²) >= 11 is 0. The van der Waals surface area contributed by atoms with E-state index in [4.69, 9.17) is 5.73 Å². The molecule has 0 bridgehead atoms. The maximum Gasteiger partial charge on any atom is 0.216 e. The Hall–Kier alpha value is -1.02. The van der Waals surface area contributed by atoms with Gasteiger partial charge < -0.3 is 21.5 Å². The zero-order chi connectivity index (χ0) is 15.4. The Morgan fingerprint density at radius 2 is 1.95 bits per heavy atom. The normalized spacial score (nSPS) is 13.8. The molecule has 0 aromatic heterocycles. The second kappa shape index (κ2) is 11.8. The van der Waals surface area contributed by atoms with Gasteiger partial charge in [-0.1, -0.05) is 0 Å². The lowest BCUT2D eigenvalue weighted by Gasteiger charge is -2.19. The van der Waals surface area contributed by atoms with E-state index in [1.165, 1.54) is 6.92 Å². The van der Waals surface area contributed by atoms with Crippen molar-refractivity contribution < 1.29 is 14.7 Å². The van der Waals surface area contributed by atoms with E-state index in [1.54, 1.807) is 6.92 Å². The van der Waals surface area contributed by atoms with Crippen molar-refractivity contribution in [2.45, 2.75) is 45.4 Å². The number of nitrogens with two attached hydrogens (primary N) is 1. The third kappa shape index (κ3) is 10.9. The molecule has 0 aromatic carbocycles. The minimum atomic E-state index is -0.728. The number of hydrogen-bond acceptors (Lipinski definition) is 6. The maximum absolute atomic E-state index is 12.0. The van der Waals surface area contributed by atoms with Crippen molar-refractivity contribution in [2.24, 2.45) is 5.73 Å². The molecule has 0 rings (SSSR count). The van der Waals surface area contributed by atoms with Crippen LogP contribution in [-0.2, 0) is 9.59 Å². The van der Waals surface area contributed by atoms with Crippen LogP contribution in [-0.4, -0.2) is 55.2 Å². The van der Waals surface area contributed by atoms with Crippen LogP contribution in [0.2, 0.25) is 0 Å². The lowest BCUT2D eigenvalue weighted by molar-refractivity contribution is -0.121. The highest BCUT2D eigenvalue weighted by molar-refractivity contribution is 5.85. The smallest absolute Gasteiger partial charge is 0.216 e. The van der Waals surface area contributed by atoms with E-state index < -0.39 is 6.23 Å². The average Bonchev–Trinajstić information content (AvgIpc) is 2.36. The van der Waals surface area contributed by atoms with E-state index in [0.29, 0.717) is 26.1 Å². The number of aliphatic hydroxyl groups excluding tert-OH is 1. The molecule has 0 radical (unpaired) electrons. The van der Waals surface area contributed by atoms with Crippen LogP contribution in [0.25, 0.3) is 0 Å². The Labute approximate surface area is 120 Å². The van der Waals surface area contributed by atoms with E-state index in [9.17, 15) is 14.7 Å². The van der Waals surface area contributed by atoms with Gasteiger partial charge in [0.2, 0.25) is 5.91 Å². The number of ketones is 1. The number of hydrogen-bond donors (Lipinski definition) is 5. The topological polar surface area (TPSA) is 116 Å². The van der Waals surface area contributed by atoms with Crippen LogP contribution >= 0.6 is 0 Å². The zero-order valence-electron chi connectivity index (χ0n) is 12.4. The molecule has 1 amide bonds. The van der Waals surface area contributed by atoms with E-state index in [1.807, 2.05) is 0 Å². The van der Waals surface area contributed by atoms with Gasteiger partial charge in [0.1, 0.15) is 6.23 Å². The average molecular weight is 288 g/mol. The highest BCUT2D eigenvalue weighted by Crippen LogP contribution is 2.03. The van der Waals surface area contributed by atoms with Gasteiger partial charge in [-0.05, 0) is 26.2 Å². The molecular weight excluding hydrogens is 260 g/mol. The Morgan fingerprint density at radius 3 is 2.50 bits per heavy atom. The van der Waals surface area contributed by atoms with Gasteiger partial charge >= 0.3 is 0 Å². The molecule has 2 unspecified atom stereocenters. The number of Topliss-reactive ketones (excluding diaryl/α,β-unsaturated/α-hetero) is 1. The Bertz CT molecular complexity index is 285. The summed E-state index contributed by atoms with van der Waals surface area (Å²) in [6.07, 6.45) is 1.51.